The van der Waals surface area contributed by atoms with E-state index in [2.05, 4.69) is 20.1 Å². The predicted octanol–water partition coefficient (Wildman–Crippen LogP) is 3.88. The molecule has 0 bridgehead atoms. The maximum absolute atomic E-state index is 13.8. The molecule has 4 rings (SSSR count). The molecule has 0 aliphatic heterocycles. The zero-order valence-corrected chi connectivity index (χ0v) is 19.9. The molecule has 0 saturated carbocycles. The van der Waals surface area contributed by atoms with Crippen LogP contribution in [0.4, 0.5) is 27.6 Å². The lowest BCUT2D eigenvalue weighted by Crippen LogP contribution is -2.26. The molecule has 3 N–H and O–H groups in total. The standard InChI is InChI=1S/C23H18F5N5O4S/c24-20(25)19-11-18(13-4-6-14(7-5-13)23(26,27)28)32-21-17(12-29-33(19)21)22(35)31-15-2-1-3-16(10-15)38(36,37)30-8-9-34/h1-7,10-12,20,30,34H,8-9H2,(H,31,35). The fraction of sp³-hybridized carbons (Fsp3) is 0.174. The number of aliphatic hydroxyl groups is 1. The number of benzene rings is 2. The fourth-order valence-electron chi connectivity index (χ4n) is 3.48. The molecule has 38 heavy (non-hydrogen) atoms. The van der Waals surface area contributed by atoms with Crippen molar-refractivity contribution in [1.82, 2.24) is 19.3 Å². The Kier molecular flexibility index (Phi) is 7.44. The second kappa shape index (κ2) is 10.4. The number of aliphatic hydroxyl groups excluding tert-OH is 1. The number of carbonyl (C=O) groups excluding carboxylic acids is 1. The highest BCUT2D eigenvalue weighted by Crippen LogP contribution is 2.32. The van der Waals surface area contributed by atoms with Crippen LogP contribution < -0.4 is 10.0 Å². The van der Waals surface area contributed by atoms with E-state index in [0.29, 0.717) is 0 Å². The van der Waals surface area contributed by atoms with Crippen molar-refractivity contribution < 1.29 is 40.3 Å². The first-order valence-electron chi connectivity index (χ1n) is 10.8. The number of amides is 1. The molecule has 1 amide bonds. The molecule has 9 nitrogen and oxygen atoms in total. The zero-order chi connectivity index (χ0) is 27.7. The second-order valence-electron chi connectivity index (χ2n) is 7.84. The molecule has 0 aliphatic carbocycles. The molecule has 0 radical (unpaired) electrons. The molecule has 15 heteroatoms. The van der Waals surface area contributed by atoms with Gasteiger partial charge in [-0.25, -0.2) is 31.4 Å². The molecular formula is C23H18F5N5O4S. The topological polar surface area (TPSA) is 126 Å². The Labute approximate surface area is 212 Å². The average Bonchev–Trinajstić information content (AvgIpc) is 3.31. The highest BCUT2D eigenvalue weighted by molar-refractivity contribution is 7.89. The largest absolute Gasteiger partial charge is 0.416 e. The van der Waals surface area contributed by atoms with Crippen LogP contribution in [0.5, 0.6) is 0 Å². The quantitative estimate of drug-likeness (QED) is 0.284. The molecule has 2 aromatic carbocycles. The van der Waals surface area contributed by atoms with Gasteiger partial charge in [0.2, 0.25) is 10.0 Å². The third kappa shape index (κ3) is 5.64. The highest BCUT2D eigenvalue weighted by Gasteiger charge is 2.30. The van der Waals surface area contributed by atoms with Crippen LogP contribution in [-0.4, -0.2) is 47.2 Å². The van der Waals surface area contributed by atoms with Crippen molar-refractivity contribution in [2.75, 3.05) is 18.5 Å². The molecule has 2 heterocycles. The third-order valence-electron chi connectivity index (χ3n) is 5.28. The van der Waals surface area contributed by atoms with Crippen molar-refractivity contribution in [3.63, 3.8) is 0 Å². The first-order valence-corrected chi connectivity index (χ1v) is 12.3. The summed E-state index contributed by atoms with van der Waals surface area (Å²) in [6.07, 6.45) is -6.66. The van der Waals surface area contributed by atoms with Gasteiger partial charge in [-0.1, -0.05) is 18.2 Å². The van der Waals surface area contributed by atoms with E-state index in [4.69, 9.17) is 5.11 Å². The Morgan fingerprint density at radius 3 is 2.42 bits per heavy atom. The number of halogens is 5. The van der Waals surface area contributed by atoms with E-state index in [0.717, 1.165) is 47.1 Å². The third-order valence-corrected chi connectivity index (χ3v) is 6.74. The molecule has 2 aromatic heterocycles. The predicted molar refractivity (Wildman–Crippen MR) is 125 cm³/mol. The Hall–Kier alpha value is -3.95. The van der Waals surface area contributed by atoms with Gasteiger partial charge >= 0.3 is 6.18 Å². The Morgan fingerprint density at radius 2 is 1.79 bits per heavy atom. The van der Waals surface area contributed by atoms with Gasteiger partial charge in [0.25, 0.3) is 12.3 Å². The van der Waals surface area contributed by atoms with E-state index in [1.807, 2.05) is 0 Å². The van der Waals surface area contributed by atoms with Gasteiger partial charge in [0.15, 0.2) is 5.65 Å². The molecular weight excluding hydrogens is 537 g/mol. The lowest BCUT2D eigenvalue weighted by atomic mass is 10.1. The summed E-state index contributed by atoms with van der Waals surface area (Å²) in [5, 5.41) is 15.1. The van der Waals surface area contributed by atoms with E-state index < -0.39 is 46.4 Å². The smallest absolute Gasteiger partial charge is 0.395 e. The maximum Gasteiger partial charge on any atom is 0.416 e. The first kappa shape index (κ1) is 27.1. The van der Waals surface area contributed by atoms with E-state index in [1.165, 1.54) is 18.2 Å². The lowest BCUT2D eigenvalue weighted by molar-refractivity contribution is -0.137. The van der Waals surface area contributed by atoms with Gasteiger partial charge in [-0.05, 0) is 36.4 Å². The number of hydrogen-bond donors (Lipinski definition) is 3. The number of anilines is 1. The summed E-state index contributed by atoms with van der Waals surface area (Å²) in [6.45, 7) is -0.646. The van der Waals surface area contributed by atoms with Gasteiger partial charge in [-0.2, -0.15) is 18.3 Å². The molecule has 200 valence electrons. The van der Waals surface area contributed by atoms with Crippen molar-refractivity contribution in [2.45, 2.75) is 17.5 Å². The number of hydrogen-bond acceptors (Lipinski definition) is 6. The van der Waals surface area contributed by atoms with E-state index in [1.54, 1.807) is 0 Å². The van der Waals surface area contributed by atoms with Crippen LogP contribution in [-0.2, 0) is 16.2 Å². The average molecular weight is 555 g/mol. The summed E-state index contributed by atoms with van der Waals surface area (Å²) in [7, 11) is -3.98. The highest BCUT2D eigenvalue weighted by atomic mass is 32.2. The van der Waals surface area contributed by atoms with Crippen LogP contribution in [0.3, 0.4) is 0 Å². The van der Waals surface area contributed by atoms with Crippen LogP contribution in [0, 0.1) is 0 Å². The van der Waals surface area contributed by atoms with Crippen molar-refractivity contribution in [3.8, 4) is 11.3 Å². The van der Waals surface area contributed by atoms with E-state index in [9.17, 15) is 35.2 Å². The number of fused-ring (bicyclic) bond motifs is 1. The van der Waals surface area contributed by atoms with Crippen molar-refractivity contribution in [1.29, 1.82) is 0 Å². The molecule has 0 saturated heterocycles. The molecule has 0 unspecified atom stereocenters. The second-order valence-corrected chi connectivity index (χ2v) is 9.61. The van der Waals surface area contributed by atoms with Gasteiger partial charge in [-0.3, -0.25) is 4.79 Å². The molecule has 4 aromatic rings. The van der Waals surface area contributed by atoms with E-state index >= 15 is 0 Å². The van der Waals surface area contributed by atoms with Crippen LogP contribution in [0.1, 0.15) is 28.0 Å². The normalized spacial score (nSPS) is 12.3. The molecule has 0 aliphatic rings. The van der Waals surface area contributed by atoms with Gasteiger partial charge in [0.1, 0.15) is 11.3 Å². The van der Waals surface area contributed by atoms with Crippen molar-refractivity contribution in [3.05, 3.63) is 77.6 Å². The minimum Gasteiger partial charge on any atom is -0.395 e. The van der Waals surface area contributed by atoms with Crippen LogP contribution >= 0.6 is 0 Å². The SMILES string of the molecule is O=C(Nc1cccc(S(=O)(=O)NCCO)c1)c1cnn2c(C(F)F)cc(-c3ccc(C(F)(F)F)cc3)nc12. The summed E-state index contributed by atoms with van der Waals surface area (Å²) in [6, 6.07) is 9.82. The van der Waals surface area contributed by atoms with Gasteiger partial charge in [0, 0.05) is 17.8 Å². The van der Waals surface area contributed by atoms with Gasteiger partial charge in [-0.15, -0.1) is 0 Å². The number of carbonyl (C=O) groups is 1. The number of nitrogens with zero attached hydrogens (tertiary/aromatic N) is 3. The summed E-state index contributed by atoms with van der Waals surface area (Å²) in [4.78, 5) is 17.0. The summed E-state index contributed by atoms with van der Waals surface area (Å²) in [5.41, 5.74) is -2.07. The molecule has 0 spiro atoms. The maximum atomic E-state index is 13.8. The summed E-state index contributed by atoms with van der Waals surface area (Å²) < 4.78 is 93.8. The fourth-order valence-corrected chi connectivity index (χ4v) is 4.55. The lowest BCUT2D eigenvalue weighted by Gasteiger charge is -2.11. The van der Waals surface area contributed by atoms with Crippen LogP contribution in [0.15, 0.2) is 65.7 Å². The van der Waals surface area contributed by atoms with Gasteiger partial charge < -0.3 is 10.4 Å². The zero-order valence-electron chi connectivity index (χ0n) is 19.1. The number of alkyl halides is 5. The number of sulfonamides is 1. The monoisotopic (exact) mass is 555 g/mol. The number of rotatable bonds is 8. The first-order chi connectivity index (χ1) is 17.9. The minimum atomic E-state index is -4.59. The Bertz CT molecular complexity index is 1590. The summed E-state index contributed by atoms with van der Waals surface area (Å²) in [5.74, 6) is -0.852. The molecule has 0 atom stereocenters. The summed E-state index contributed by atoms with van der Waals surface area (Å²) >= 11 is 0. The van der Waals surface area contributed by atoms with Crippen LogP contribution in [0.25, 0.3) is 16.9 Å². The Morgan fingerprint density at radius 1 is 1.08 bits per heavy atom. The van der Waals surface area contributed by atoms with Crippen molar-refractivity contribution in [2.24, 2.45) is 0 Å². The minimum absolute atomic E-state index is 0.0502. The molecule has 0 fully saturated rings. The number of aromatic nitrogens is 3. The van der Waals surface area contributed by atoms with Crippen molar-refractivity contribution >= 4 is 27.3 Å². The Balaban J connectivity index is 1.70. The number of nitrogens with one attached hydrogen (secondary N) is 2. The van der Waals surface area contributed by atoms with Crippen LogP contribution in [0.2, 0.25) is 0 Å². The van der Waals surface area contributed by atoms with E-state index in [-0.39, 0.29) is 39.6 Å². The van der Waals surface area contributed by atoms with Gasteiger partial charge in [0.05, 0.1) is 29.0 Å².